The minimum Gasteiger partial charge on any atom is -0.388 e. The number of aliphatic hydroxyl groups excluding tert-OH is 3. The van der Waals surface area contributed by atoms with E-state index in [0.29, 0.717) is 5.69 Å². The van der Waals surface area contributed by atoms with Crippen molar-refractivity contribution in [1.82, 2.24) is 9.97 Å². The van der Waals surface area contributed by atoms with Crippen molar-refractivity contribution in [2.45, 2.75) is 24.4 Å². The third-order valence-electron chi connectivity index (χ3n) is 3.22. The van der Waals surface area contributed by atoms with Gasteiger partial charge in [0.05, 0.1) is 17.6 Å². The normalized spacial score (nSPS) is 32.8. The van der Waals surface area contributed by atoms with Crippen LogP contribution >= 0.6 is 0 Å². The number of rotatable bonds is 1. The van der Waals surface area contributed by atoms with Crippen LogP contribution < -0.4 is 0 Å². The fourth-order valence-electron chi connectivity index (χ4n) is 2.21. The molecule has 1 saturated heterocycles. The van der Waals surface area contributed by atoms with Crippen molar-refractivity contribution < 1.29 is 20.1 Å². The van der Waals surface area contributed by atoms with E-state index in [-0.39, 0.29) is 6.61 Å². The highest BCUT2D eigenvalue weighted by Crippen LogP contribution is 2.29. The van der Waals surface area contributed by atoms with E-state index in [0.717, 1.165) is 11.0 Å². The molecule has 4 atom stereocenters. The van der Waals surface area contributed by atoms with E-state index in [4.69, 9.17) is 4.74 Å². The minimum atomic E-state index is -1.21. The predicted molar refractivity (Wildman–Crippen MR) is 62.8 cm³/mol. The molecule has 96 valence electrons. The summed E-state index contributed by atoms with van der Waals surface area (Å²) < 4.78 is 5.37. The van der Waals surface area contributed by atoms with Gasteiger partial charge in [-0.05, 0) is 18.2 Å². The lowest BCUT2D eigenvalue weighted by atomic mass is 9.98. The largest absolute Gasteiger partial charge is 0.388 e. The predicted octanol–water partition coefficient (Wildman–Crippen LogP) is -0.283. The Morgan fingerprint density at radius 2 is 2.11 bits per heavy atom. The number of H-pyrrole nitrogens is 1. The molecule has 2 aromatic rings. The number of aromatic nitrogens is 2. The molecule has 0 saturated carbocycles. The van der Waals surface area contributed by atoms with E-state index < -0.39 is 24.4 Å². The monoisotopic (exact) mass is 250 g/mol. The molecule has 18 heavy (non-hydrogen) atoms. The van der Waals surface area contributed by atoms with E-state index in [1.165, 1.54) is 0 Å². The molecule has 2 aromatic heterocycles. The van der Waals surface area contributed by atoms with E-state index in [2.05, 4.69) is 9.97 Å². The maximum Gasteiger partial charge on any atom is 0.126 e. The first-order valence-corrected chi connectivity index (χ1v) is 5.76. The molecule has 3 rings (SSSR count). The molecule has 1 aliphatic heterocycles. The highest BCUT2D eigenvalue weighted by molar-refractivity contribution is 5.75. The molecule has 4 unspecified atom stereocenters. The van der Waals surface area contributed by atoms with Crippen LogP contribution in [0.3, 0.4) is 0 Å². The summed E-state index contributed by atoms with van der Waals surface area (Å²) in [6, 6.07) is 5.44. The number of fused-ring (bicyclic) bond motifs is 1. The van der Waals surface area contributed by atoms with Crippen LogP contribution in [0.25, 0.3) is 11.0 Å². The van der Waals surface area contributed by atoms with Gasteiger partial charge in [-0.15, -0.1) is 0 Å². The molecule has 0 amide bonds. The summed E-state index contributed by atoms with van der Waals surface area (Å²) in [5, 5.41) is 28.9. The topological polar surface area (TPSA) is 98.6 Å². The number of nitrogens with zero attached hydrogens (tertiary/aromatic N) is 1. The van der Waals surface area contributed by atoms with E-state index >= 15 is 0 Å². The van der Waals surface area contributed by atoms with Crippen LogP contribution in [0, 0.1) is 0 Å². The molecule has 1 aliphatic rings. The smallest absolute Gasteiger partial charge is 0.126 e. The first-order chi connectivity index (χ1) is 8.66. The van der Waals surface area contributed by atoms with Crippen LogP contribution in [0.1, 0.15) is 11.8 Å². The van der Waals surface area contributed by atoms with E-state index in [1.807, 2.05) is 6.07 Å². The lowest BCUT2D eigenvalue weighted by molar-refractivity contribution is -0.190. The van der Waals surface area contributed by atoms with Crippen molar-refractivity contribution in [2.75, 3.05) is 6.61 Å². The molecular formula is C12H14N2O4. The zero-order chi connectivity index (χ0) is 12.7. The Kier molecular flexibility index (Phi) is 2.79. The summed E-state index contributed by atoms with van der Waals surface area (Å²) >= 11 is 0. The van der Waals surface area contributed by atoms with Crippen LogP contribution in [0.2, 0.25) is 0 Å². The number of hydrogen-bond acceptors (Lipinski definition) is 5. The number of ether oxygens (including phenoxy) is 1. The van der Waals surface area contributed by atoms with E-state index in [1.54, 1.807) is 18.3 Å². The van der Waals surface area contributed by atoms with Crippen molar-refractivity contribution >= 4 is 11.0 Å². The number of nitrogens with one attached hydrogen (secondary N) is 1. The van der Waals surface area contributed by atoms with Gasteiger partial charge in [-0.2, -0.15) is 0 Å². The van der Waals surface area contributed by atoms with Crippen molar-refractivity contribution in [3.05, 3.63) is 30.1 Å². The molecule has 6 nitrogen and oxygen atoms in total. The van der Waals surface area contributed by atoms with Crippen LogP contribution in [-0.2, 0) is 4.74 Å². The van der Waals surface area contributed by atoms with Gasteiger partial charge < -0.3 is 25.0 Å². The lowest BCUT2D eigenvalue weighted by Gasteiger charge is -2.34. The SMILES string of the molecule is OC1COC(c2cc3ncccc3[nH]2)C(O)C1O. The molecule has 0 aromatic carbocycles. The van der Waals surface area contributed by atoms with Gasteiger partial charge >= 0.3 is 0 Å². The van der Waals surface area contributed by atoms with Crippen molar-refractivity contribution in [2.24, 2.45) is 0 Å². The number of hydrogen-bond donors (Lipinski definition) is 4. The average molecular weight is 250 g/mol. The van der Waals surface area contributed by atoms with Gasteiger partial charge in [-0.3, -0.25) is 4.98 Å². The summed E-state index contributed by atoms with van der Waals surface area (Å²) in [4.78, 5) is 7.27. The standard InChI is InChI=1S/C12H14N2O4/c15-9-5-18-12(11(17)10(9)16)8-4-7-6(14-8)2-1-3-13-7/h1-4,9-12,14-17H,5H2. The number of aliphatic hydroxyl groups is 3. The van der Waals surface area contributed by atoms with Gasteiger partial charge in [0.1, 0.15) is 24.4 Å². The summed E-state index contributed by atoms with van der Waals surface area (Å²) in [6.07, 6.45) is -2.43. The van der Waals surface area contributed by atoms with Crippen molar-refractivity contribution in [3.63, 3.8) is 0 Å². The first kappa shape index (κ1) is 11.6. The third-order valence-corrected chi connectivity index (χ3v) is 3.22. The summed E-state index contributed by atoms with van der Waals surface area (Å²) in [5.41, 5.74) is 2.25. The Labute approximate surface area is 103 Å². The molecule has 6 heteroatoms. The maximum absolute atomic E-state index is 9.91. The van der Waals surface area contributed by atoms with Crippen LogP contribution in [0.15, 0.2) is 24.4 Å². The second-order valence-corrected chi connectivity index (χ2v) is 4.46. The van der Waals surface area contributed by atoms with Gasteiger partial charge in [0.25, 0.3) is 0 Å². The Balaban J connectivity index is 1.94. The van der Waals surface area contributed by atoms with E-state index in [9.17, 15) is 15.3 Å². The van der Waals surface area contributed by atoms with Gasteiger partial charge in [0, 0.05) is 11.9 Å². The fraction of sp³-hybridized carbons (Fsp3) is 0.417. The second-order valence-electron chi connectivity index (χ2n) is 4.46. The zero-order valence-corrected chi connectivity index (χ0v) is 9.52. The maximum atomic E-state index is 9.91. The lowest BCUT2D eigenvalue weighted by Crippen LogP contribution is -2.49. The minimum absolute atomic E-state index is 0.00825. The molecule has 0 bridgehead atoms. The third kappa shape index (κ3) is 1.79. The fourth-order valence-corrected chi connectivity index (χ4v) is 2.21. The average Bonchev–Trinajstić information content (AvgIpc) is 2.79. The summed E-state index contributed by atoms with van der Waals surface area (Å²) in [5.74, 6) is 0. The number of pyridine rings is 1. The molecule has 0 spiro atoms. The Bertz CT molecular complexity index is 523. The van der Waals surface area contributed by atoms with Crippen molar-refractivity contribution in [1.29, 1.82) is 0 Å². The quantitative estimate of drug-likeness (QED) is 0.558. The molecule has 0 radical (unpaired) electrons. The highest BCUT2D eigenvalue weighted by atomic mass is 16.5. The van der Waals surface area contributed by atoms with Gasteiger partial charge in [0.2, 0.25) is 0 Å². The highest BCUT2D eigenvalue weighted by Gasteiger charge is 2.38. The molecular weight excluding hydrogens is 236 g/mol. The van der Waals surface area contributed by atoms with Gasteiger partial charge in [-0.25, -0.2) is 0 Å². The molecule has 0 aliphatic carbocycles. The Hall–Kier alpha value is -1.47. The molecule has 1 fully saturated rings. The van der Waals surface area contributed by atoms with Crippen LogP contribution in [-0.4, -0.2) is 50.2 Å². The summed E-state index contributed by atoms with van der Waals surface area (Å²) in [7, 11) is 0. The van der Waals surface area contributed by atoms with Gasteiger partial charge in [0.15, 0.2) is 0 Å². The first-order valence-electron chi connectivity index (χ1n) is 5.76. The Morgan fingerprint density at radius 3 is 2.89 bits per heavy atom. The number of aromatic amines is 1. The van der Waals surface area contributed by atoms with Gasteiger partial charge in [-0.1, -0.05) is 0 Å². The Morgan fingerprint density at radius 1 is 1.28 bits per heavy atom. The second kappa shape index (κ2) is 4.33. The molecule has 4 N–H and O–H groups in total. The van der Waals surface area contributed by atoms with Crippen molar-refractivity contribution in [3.8, 4) is 0 Å². The van der Waals surface area contributed by atoms with Crippen LogP contribution in [0.4, 0.5) is 0 Å². The van der Waals surface area contributed by atoms with Crippen LogP contribution in [0.5, 0.6) is 0 Å². The molecule has 3 heterocycles. The summed E-state index contributed by atoms with van der Waals surface area (Å²) in [6.45, 7) is -0.00825. The zero-order valence-electron chi connectivity index (χ0n) is 9.52.